The van der Waals surface area contributed by atoms with Gasteiger partial charge in [-0.2, -0.15) is 0 Å². The molecule has 0 aromatic heterocycles. The van der Waals surface area contributed by atoms with Gasteiger partial charge in [0.15, 0.2) is 0 Å². The first-order valence-corrected chi connectivity index (χ1v) is 15.0. The lowest BCUT2D eigenvalue weighted by molar-refractivity contribution is 0.0286. The van der Waals surface area contributed by atoms with E-state index in [1.165, 1.54) is 25.7 Å². The number of aliphatic hydroxyl groups excluding tert-OH is 1. The Balaban J connectivity index is 1.66. The molecule has 2 N–H and O–H groups in total. The van der Waals surface area contributed by atoms with E-state index in [0.29, 0.717) is 13.2 Å². The fourth-order valence-corrected chi connectivity index (χ4v) is 5.55. The highest BCUT2D eigenvalue weighted by Crippen LogP contribution is 2.37. The van der Waals surface area contributed by atoms with Gasteiger partial charge < -0.3 is 9.84 Å². The van der Waals surface area contributed by atoms with Gasteiger partial charge in [-0.05, 0) is 28.7 Å². The Bertz CT molecular complexity index is 1100. The normalized spacial score (nSPS) is 13.2. The topological polar surface area (TPSA) is 41.5 Å². The van der Waals surface area contributed by atoms with Crippen LogP contribution < -0.4 is 5.32 Å². The SMILES string of the molecule is CCCCCCCCC(O)[C@H](COCc1ccccc1)NC(c1ccccc1)(c1ccccc1)c1ccccc1. The average molecular weight is 536 g/mol. The third-order valence-electron chi connectivity index (χ3n) is 7.75. The maximum atomic E-state index is 11.7. The van der Waals surface area contributed by atoms with E-state index in [2.05, 4.69) is 115 Å². The summed E-state index contributed by atoms with van der Waals surface area (Å²) in [6, 6.07) is 41.7. The monoisotopic (exact) mass is 535 g/mol. The third kappa shape index (κ3) is 8.14. The van der Waals surface area contributed by atoms with E-state index in [9.17, 15) is 5.11 Å². The molecule has 0 aliphatic carbocycles. The van der Waals surface area contributed by atoms with Gasteiger partial charge in [-0.1, -0.05) is 167 Å². The molecule has 4 aromatic rings. The number of hydrogen-bond acceptors (Lipinski definition) is 3. The summed E-state index contributed by atoms with van der Waals surface area (Å²) in [5, 5.41) is 15.7. The van der Waals surface area contributed by atoms with Crippen molar-refractivity contribution in [3.05, 3.63) is 144 Å². The van der Waals surface area contributed by atoms with Crippen LogP contribution in [0.25, 0.3) is 0 Å². The number of ether oxygens (including phenoxy) is 1. The molecule has 0 heterocycles. The molecule has 0 saturated carbocycles. The van der Waals surface area contributed by atoms with Crippen molar-refractivity contribution in [3.63, 3.8) is 0 Å². The summed E-state index contributed by atoms with van der Waals surface area (Å²) in [7, 11) is 0. The smallest absolute Gasteiger partial charge is 0.0951 e. The van der Waals surface area contributed by atoms with Gasteiger partial charge in [-0.3, -0.25) is 5.32 Å². The van der Waals surface area contributed by atoms with Crippen LogP contribution in [-0.4, -0.2) is 23.9 Å². The maximum Gasteiger partial charge on any atom is 0.0951 e. The fraction of sp³-hybridized carbons (Fsp3) is 0.351. The van der Waals surface area contributed by atoms with E-state index in [0.717, 1.165) is 41.5 Å². The van der Waals surface area contributed by atoms with Crippen molar-refractivity contribution in [1.29, 1.82) is 0 Å². The van der Waals surface area contributed by atoms with Gasteiger partial charge >= 0.3 is 0 Å². The molecule has 0 saturated heterocycles. The van der Waals surface area contributed by atoms with Crippen LogP contribution in [0.3, 0.4) is 0 Å². The Morgan fingerprint density at radius 3 is 1.57 bits per heavy atom. The molecule has 2 atom stereocenters. The molecule has 4 aromatic carbocycles. The van der Waals surface area contributed by atoms with Crippen LogP contribution in [-0.2, 0) is 16.9 Å². The zero-order valence-corrected chi connectivity index (χ0v) is 23.9. The van der Waals surface area contributed by atoms with Gasteiger partial charge in [0, 0.05) is 0 Å². The molecule has 0 fully saturated rings. The van der Waals surface area contributed by atoms with Gasteiger partial charge in [0.1, 0.15) is 0 Å². The largest absolute Gasteiger partial charge is 0.391 e. The van der Waals surface area contributed by atoms with Gasteiger partial charge in [0.2, 0.25) is 0 Å². The van der Waals surface area contributed by atoms with Crippen molar-refractivity contribution in [1.82, 2.24) is 5.32 Å². The van der Waals surface area contributed by atoms with E-state index in [-0.39, 0.29) is 6.04 Å². The minimum absolute atomic E-state index is 0.278. The van der Waals surface area contributed by atoms with Crippen LogP contribution in [0.4, 0.5) is 0 Å². The zero-order chi connectivity index (χ0) is 27.9. The average Bonchev–Trinajstić information content (AvgIpc) is 3.02. The minimum atomic E-state index is -0.660. The van der Waals surface area contributed by atoms with Gasteiger partial charge in [0.05, 0.1) is 30.9 Å². The molecule has 210 valence electrons. The summed E-state index contributed by atoms with van der Waals surface area (Å²) in [4.78, 5) is 0. The van der Waals surface area contributed by atoms with Gasteiger partial charge in [0.25, 0.3) is 0 Å². The molecular weight excluding hydrogens is 490 g/mol. The Morgan fingerprint density at radius 2 is 1.07 bits per heavy atom. The first kappa shape index (κ1) is 29.7. The van der Waals surface area contributed by atoms with E-state index in [1.54, 1.807) is 0 Å². The standard InChI is InChI=1S/C37H45NO2/c1-2-3-4-5-6-19-28-36(39)35(30-40-29-31-20-11-7-12-21-31)38-37(32-22-13-8-14-23-32,33-24-15-9-16-25-33)34-26-17-10-18-27-34/h7-18,20-27,35-36,38-39H,2-6,19,28-30H2,1H3/t35-,36?/m0/s1. The van der Waals surface area contributed by atoms with Crippen molar-refractivity contribution < 1.29 is 9.84 Å². The number of rotatable bonds is 17. The zero-order valence-electron chi connectivity index (χ0n) is 23.9. The minimum Gasteiger partial charge on any atom is -0.391 e. The molecule has 0 bridgehead atoms. The molecule has 0 radical (unpaired) electrons. The van der Waals surface area contributed by atoms with Crippen molar-refractivity contribution in [2.45, 2.75) is 76.2 Å². The second-order valence-electron chi connectivity index (χ2n) is 10.7. The molecule has 4 rings (SSSR count). The van der Waals surface area contributed by atoms with E-state index >= 15 is 0 Å². The predicted molar refractivity (Wildman–Crippen MR) is 166 cm³/mol. The molecule has 0 aliphatic heterocycles. The second-order valence-corrected chi connectivity index (χ2v) is 10.7. The van der Waals surface area contributed by atoms with Crippen molar-refractivity contribution in [2.75, 3.05) is 6.61 Å². The molecule has 1 unspecified atom stereocenters. The maximum absolute atomic E-state index is 11.7. The number of benzene rings is 4. The molecular formula is C37H45NO2. The van der Waals surface area contributed by atoms with E-state index in [4.69, 9.17) is 4.74 Å². The summed E-state index contributed by atoms with van der Waals surface area (Å²) < 4.78 is 6.29. The van der Waals surface area contributed by atoms with E-state index in [1.807, 2.05) is 18.2 Å². The van der Waals surface area contributed by atoms with Gasteiger partial charge in [-0.25, -0.2) is 0 Å². The molecule has 40 heavy (non-hydrogen) atoms. The molecule has 3 heteroatoms. The van der Waals surface area contributed by atoms with Crippen LogP contribution in [0.1, 0.15) is 74.1 Å². The van der Waals surface area contributed by atoms with Crippen molar-refractivity contribution in [2.24, 2.45) is 0 Å². The third-order valence-corrected chi connectivity index (χ3v) is 7.75. The van der Waals surface area contributed by atoms with Crippen LogP contribution in [0.15, 0.2) is 121 Å². The first-order chi connectivity index (χ1) is 19.7. The summed E-state index contributed by atoms with van der Waals surface area (Å²) in [5.74, 6) is 0. The van der Waals surface area contributed by atoms with Crippen LogP contribution in [0.2, 0.25) is 0 Å². The summed E-state index contributed by atoms with van der Waals surface area (Å²) in [6.45, 7) is 3.16. The highest BCUT2D eigenvalue weighted by Gasteiger charge is 2.39. The Labute approximate surface area is 241 Å². The molecule has 0 amide bonds. The van der Waals surface area contributed by atoms with Crippen LogP contribution in [0, 0.1) is 0 Å². The summed E-state index contributed by atoms with van der Waals surface area (Å²) in [6.07, 6.45) is 7.39. The molecule has 0 aliphatic rings. The lowest BCUT2D eigenvalue weighted by atomic mass is 9.76. The summed E-state index contributed by atoms with van der Waals surface area (Å²) in [5.41, 5.74) is 3.87. The summed E-state index contributed by atoms with van der Waals surface area (Å²) >= 11 is 0. The van der Waals surface area contributed by atoms with Crippen molar-refractivity contribution >= 4 is 0 Å². The second kappa shape index (κ2) is 16.1. The van der Waals surface area contributed by atoms with Crippen LogP contribution >= 0.6 is 0 Å². The predicted octanol–water partition coefficient (Wildman–Crippen LogP) is 8.27. The molecule has 0 spiro atoms. The lowest BCUT2D eigenvalue weighted by Gasteiger charge is -2.41. The lowest BCUT2D eigenvalue weighted by Crippen LogP contribution is -2.55. The van der Waals surface area contributed by atoms with Crippen LogP contribution in [0.5, 0.6) is 0 Å². The van der Waals surface area contributed by atoms with Gasteiger partial charge in [-0.15, -0.1) is 0 Å². The van der Waals surface area contributed by atoms with E-state index < -0.39 is 11.6 Å². The Kier molecular flexibility index (Phi) is 12.0. The number of hydrogen-bond donors (Lipinski definition) is 2. The number of unbranched alkanes of at least 4 members (excludes halogenated alkanes) is 5. The highest BCUT2D eigenvalue weighted by molar-refractivity contribution is 5.49. The number of aliphatic hydroxyl groups is 1. The quantitative estimate of drug-likeness (QED) is 0.106. The molecule has 3 nitrogen and oxygen atoms in total. The Morgan fingerprint density at radius 1 is 0.625 bits per heavy atom. The first-order valence-electron chi connectivity index (χ1n) is 15.0. The Hall–Kier alpha value is -3.24. The highest BCUT2D eigenvalue weighted by atomic mass is 16.5. The fourth-order valence-electron chi connectivity index (χ4n) is 5.55. The van der Waals surface area contributed by atoms with Crippen molar-refractivity contribution in [3.8, 4) is 0 Å². The number of nitrogens with one attached hydrogen (secondary N) is 1.